The summed E-state index contributed by atoms with van der Waals surface area (Å²) in [6, 6.07) is 15.3. The van der Waals surface area contributed by atoms with Crippen molar-refractivity contribution >= 4 is 34.9 Å². The lowest BCUT2D eigenvalue weighted by Crippen LogP contribution is -2.51. The number of imidazole rings is 2. The van der Waals surface area contributed by atoms with Crippen LogP contribution in [0.25, 0.3) is 44.7 Å². The minimum atomic E-state index is -0.780. The SMILES string of the molecule is COC(=O)NC(C(=O)N1CCC[C@H]1c1ncc(-c2cc(F)c3c(c2)OC(c2ccc4c(c2)OC(C)CC4)n2c-3cc3cc(-c4cnc([C@@H]5CCCN5C(=O)C(NC(=O)OC)C(C)C)[nH]4)ccc32)[nH]1)C(C)C. The molecule has 4 amide bonds. The van der Waals surface area contributed by atoms with E-state index in [1.807, 2.05) is 68.7 Å². The Bertz CT molecular complexity index is 3030. The van der Waals surface area contributed by atoms with Gasteiger partial charge in [-0.05, 0) is 99.2 Å². The van der Waals surface area contributed by atoms with E-state index in [1.54, 1.807) is 22.2 Å². The molecule has 6 atom stereocenters. The number of methoxy groups -OCH3 is 2. The maximum Gasteiger partial charge on any atom is 0.407 e. The molecule has 372 valence electrons. The second-order valence-corrected chi connectivity index (χ2v) is 19.8. The Kier molecular flexibility index (Phi) is 12.7. The van der Waals surface area contributed by atoms with Gasteiger partial charge < -0.3 is 53.9 Å². The van der Waals surface area contributed by atoms with Crippen LogP contribution in [-0.2, 0) is 25.5 Å². The zero-order valence-corrected chi connectivity index (χ0v) is 41.0. The van der Waals surface area contributed by atoms with Crippen molar-refractivity contribution in [2.45, 2.75) is 110 Å². The maximum absolute atomic E-state index is 17.0. The van der Waals surface area contributed by atoms with Crippen LogP contribution in [0.3, 0.4) is 0 Å². The van der Waals surface area contributed by atoms with Gasteiger partial charge in [-0.3, -0.25) is 9.59 Å². The lowest BCUT2D eigenvalue weighted by molar-refractivity contribution is -0.136. The van der Waals surface area contributed by atoms with Crippen LogP contribution >= 0.6 is 0 Å². The van der Waals surface area contributed by atoms with Crippen molar-refractivity contribution in [3.05, 3.63) is 95.6 Å². The molecule has 7 heterocycles. The molecular formula is C53H60FN9O8. The summed E-state index contributed by atoms with van der Waals surface area (Å²) in [4.78, 5) is 71.9. The van der Waals surface area contributed by atoms with Gasteiger partial charge in [0.1, 0.15) is 41.0 Å². The van der Waals surface area contributed by atoms with E-state index in [9.17, 15) is 19.2 Å². The molecule has 0 bridgehead atoms. The molecule has 18 heteroatoms. The molecule has 0 radical (unpaired) electrons. The molecule has 17 nitrogen and oxygen atoms in total. The number of hydrogen-bond donors (Lipinski definition) is 4. The Morgan fingerprint density at radius 2 is 1.34 bits per heavy atom. The fourth-order valence-electron chi connectivity index (χ4n) is 10.7. The van der Waals surface area contributed by atoms with E-state index in [2.05, 4.69) is 39.7 Å². The average Bonchev–Trinajstić information content (AvgIpc) is 4.23. The lowest BCUT2D eigenvalue weighted by Gasteiger charge is -2.32. The third kappa shape index (κ3) is 8.81. The number of H-pyrrole nitrogens is 2. The zero-order valence-electron chi connectivity index (χ0n) is 41.0. The molecule has 10 rings (SSSR count). The van der Waals surface area contributed by atoms with Crippen LogP contribution in [0.4, 0.5) is 14.0 Å². The molecule has 4 aliphatic rings. The van der Waals surface area contributed by atoms with Crippen LogP contribution in [0.5, 0.6) is 11.5 Å². The molecule has 2 fully saturated rings. The lowest BCUT2D eigenvalue weighted by atomic mass is 9.99. The van der Waals surface area contributed by atoms with Gasteiger partial charge in [0.05, 0.1) is 73.0 Å². The molecule has 71 heavy (non-hydrogen) atoms. The minimum Gasteiger partial charge on any atom is -0.490 e. The summed E-state index contributed by atoms with van der Waals surface area (Å²) >= 11 is 0. The van der Waals surface area contributed by atoms with Crippen molar-refractivity contribution in [1.29, 1.82) is 0 Å². The molecule has 3 aromatic carbocycles. The number of aryl methyl sites for hydroxylation is 1. The summed E-state index contributed by atoms with van der Waals surface area (Å²) in [5, 5.41) is 6.25. The number of aromatic amines is 2. The van der Waals surface area contributed by atoms with Crippen LogP contribution in [-0.4, -0.2) is 104 Å². The summed E-state index contributed by atoms with van der Waals surface area (Å²) in [6.45, 7) is 10.6. The van der Waals surface area contributed by atoms with Gasteiger partial charge in [-0.25, -0.2) is 23.9 Å². The van der Waals surface area contributed by atoms with Gasteiger partial charge >= 0.3 is 12.2 Å². The van der Waals surface area contributed by atoms with Gasteiger partial charge in [-0.1, -0.05) is 45.9 Å². The predicted molar refractivity (Wildman–Crippen MR) is 262 cm³/mol. The van der Waals surface area contributed by atoms with Crippen molar-refractivity contribution in [2.24, 2.45) is 11.8 Å². The topological polar surface area (TPSA) is 198 Å². The van der Waals surface area contributed by atoms with E-state index in [0.29, 0.717) is 65.8 Å². The highest BCUT2D eigenvalue weighted by atomic mass is 19.1. The monoisotopic (exact) mass is 969 g/mol. The number of aromatic nitrogens is 5. The molecule has 2 saturated heterocycles. The van der Waals surface area contributed by atoms with E-state index < -0.39 is 36.3 Å². The fraction of sp³-hybridized carbons (Fsp3) is 0.434. The Labute approximate surface area is 410 Å². The first-order chi connectivity index (χ1) is 34.2. The highest BCUT2D eigenvalue weighted by Crippen LogP contribution is 2.48. The number of carbonyl (C=O) groups excluding carboxylic acids is 4. The number of nitrogens with zero attached hydrogens (tertiary/aromatic N) is 5. The highest BCUT2D eigenvalue weighted by Gasteiger charge is 2.40. The van der Waals surface area contributed by atoms with Gasteiger partial charge in [-0.2, -0.15) is 0 Å². The van der Waals surface area contributed by atoms with Gasteiger partial charge in [0.15, 0.2) is 0 Å². The number of halogens is 1. The van der Waals surface area contributed by atoms with Gasteiger partial charge in [0.25, 0.3) is 0 Å². The third-order valence-corrected chi connectivity index (χ3v) is 14.4. The van der Waals surface area contributed by atoms with E-state index in [-0.39, 0.29) is 41.8 Å². The number of hydrogen-bond acceptors (Lipinski definition) is 10. The van der Waals surface area contributed by atoms with Crippen LogP contribution < -0.4 is 20.1 Å². The Morgan fingerprint density at radius 1 is 0.732 bits per heavy atom. The summed E-state index contributed by atoms with van der Waals surface area (Å²) in [5.74, 6) is 1.13. The summed E-state index contributed by atoms with van der Waals surface area (Å²) in [5.41, 5.74) is 6.42. The molecule has 0 spiro atoms. The van der Waals surface area contributed by atoms with Crippen molar-refractivity contribution < 1.29 is 42.5 Å². The number of benzene rings is 3. The summed E-state index contributed by atoms with van der Waals surface area (Å²) < 4.78 is 42.0. The van der Waals surface area contributed by atoms with Crippen molar-refractivity contribution in [1.82, 2.24) is 44.9 Å². The Hall–Kier alpha value is -7.37. The van der Waals surface area contributed by atoms with E-state index >= 15 is 4.39 Å². The number of likely N-dealkylation sites (tertiary alicyclic amines) is 2. The molecule has 4 aliphatic heterocycles. The van der Waals surface area contributed by atoms with E-state index in [4.69, 9.17) is 28.9 Å². The standard InChI is InChI=1S/C53H60FN9O8/c1-27(2)45(59-52(66)68-6)49(64)61-18-8-10-39(61)47-55-25-36(57-47)31-16-17-38-34(20-31)22-41-44-35(54)21-33(24-43(44)71-51(63(38)41)32-15-14-30-13-12-29(5)70-42(30)23-32)37-26-56-48(58-37)40-11-9-19-62(40)50(65)46(28(3)4)60-53(67)69-7/h14-17,20-29,39-40,45-46,51H,8-13,18-19H2,1-7H3,(H,55,57)(H,56,58)(H,59,66)(H,60,67)/t29?,39-,40-,45?,46?,51?/m0/s1. The molecule has 0 saturated carbocycles. The highest BCUT2D eigenvalue weighted by molar-refractivity contribution is 5.93. The van der Waals surface area contributed by atoms with Gasteiger partial charge in [0, 0.05) is 35.2 Å². The molecular weight excluding hydrogens is 910 g/mol. The molecule has 0 aliphatic carbocycles. The van der Waals surface area contributed by atoms with Crippen molar-refractivity contribution in [2.75, 3.05) is 27.3 Å². The molecule has 4 N–H and O–H groups in total. The van der Waals surface area contributed by atoms with E-state index in [1.165, 1.54) is 20.3 Å². The van der Waals surface area contributed by atoms with Crippen LogP contribution in [0.15, 0.2) is 67.0 Å². The largest absolute Gasteiger partial charge is 0.490 e. The number of amides is 4. The average molecular weight is 970 g/mol. The second-order valence-electron chi connectivity index (χ2n) is 19.8. The quantitative estimate of drug-likeness (QED) is 0.0972. The maximum atomic E-state index is 17.0. The van der Waals surface area contributed by atoms with Crippen molar-refractivity contribution in [3.63, 3.8) is 0 Å². The van der Waals surface area contributed by atoms with Gasteiger partial charge in [-0.15, -0.1) is 0 Å². The number of carbonyl (C=O) groups is 4. The summed E-state index contributed by atoms with van der Waals surface area (Å²) in [6.07, 6.45) is 6.20. The third-order valence-electron chi connectivity index (χ3n) is 14.4. The number of rotatable bonds is 11. The Morgan fingerprint density at radius 3 is 1.93 bits per heavy atom. The predicted octanol–water partition coefficient (Wildman–Crippen LogP) is 8.97. The fourth-order valence-corrected chi connectivity index (χ4v) is 10.7. The summed E-state index contributed by atoms with van der Waals surface area (Å²) in [7, 11) is 2.54. The van der Waals surface area contributed by atoms with Crippen LogP contribution in [0.1, 0.15) is 108 Å². The Balaban J connectivity index is 0.986. The number of nitrogens with one attached hydrogen (secondary N) is 4. The first-order valence-corrected chi connectivity index (χ1v) is 24.6. The normalized spacial score (nSPS) is 20.2. The zero-order chi connectivity index (χ0) is 49.8. The smallest absolute Gasteiger partial charge is 0.407 e. The molecule has 6 aromatic rings. The number of fused-ring (bicyclic) bond motifs is 6. The first kappa shape index (κ1) is 47.3. The van der Waals surface area contributed by atoms with Crippen LogP contribution in [0, 0.1) is 17.7 Å². The first-order valence-electron chi connectivity index (χ1n) is 24.6. The van der Waals surface area contributed by atoms with E-state index in [0.717, 1.165) is 64.7 Å². The number of alkyl carbamates (subject to hydrolysis) is 2. The molecule has 4 unspecified atom stereocenters. The number of ether oxygens (including phenoxy) is 4. The van der Waals surface area contributed by atoms with Crippen LogP contribution in [0.2, 0.25) is 0 Å². The van der Waals surface area contributed by atoms with Gasteiger partial charge in [0.2, 0.25) is 18.0 Å². The van der Waals surface area contributed by atoms with Crippen molar-refractivity contribution in [3.8, 4) is 45.3 Å². The molecule has 3 aromatic heterocycles. The minimum absolute atomic E-state index is 0.0615. The second kappa shape index (κ2) is 19.1.